The largest absolute Gasteiger partial charge is 0.333 e. The lowest BCUT2D eigenvalue weighted by Crippen LogP contribution is -2.54. The van der Waals surface area contributed by atoms with Gasteiger partial charge in [-0.2, -0.15) is 0 Å². The second kappa shape index (κ2) is 6.15. The van der Waals surface area contributed by atoms with Crippen LogP contribution in [0.2, 0.25) is 0 Å². The number of benzene rings is 1. The summed E-state index contributed by atoms with van der Waals surface area (Å²) < 4.78 is 13.2. The zero-order valence-corrected chi connectivity index (χ0v) is 11.5. The monoisotopic (exact) mass is 264 g/mol. The van der Waals surface area contributed by atoms with Crippen LogP contribution in [0.3, 0.4) is 0 Å². The summed E-state index contributed by atoms with van der Waals surface area (Å²) in [6, 6.07) is 6.14. The van der Waals surface area contributed by atoms with E-state index in [1.165, 1.54) is 12.1 Å². The maximum absolute atomic E-state index is 13.2. The van der Waals surface area contributed by atoms with E-state index in [1.807, 2.05) is 4.90 Å². The fourth-order valence-electron chi connectivity index (χ4n) is 2.57. The van der Waals surface area contributed by atoms with Crippen molar-refractivity contribution < 1.29 is 9.18 Å². The first-order chi connectivity index (χ1) is 9.08. The Bertz CT molecular complexity index is 448. The molecule has 1 fully saturated rings. The van der Waals surface area contributed by atoms with Crippen molar-refractivity contribution in [1.82, 2.24) is 10.2 Å². The number of nitrogens with one attached hydrogen (secondary N) is 1. The van der Waals surface area contributed by atoms with Crippen molar-refractivity contribution in [3.05, 3.63) is 35.6 Å². The average molecular weight is 264 g/mol. The van der Waals surface area contributed by atoms with E-state index in [9.17, 15) is 9.18 Å². The van der Waals surface area contributed by atoms with E-state index in [2.05, 4.69) is 19.2 Å². The zero-order chi connectivity index (χ0) is 13.8. The maximum atomic E-state index is 13.2. The van der Waals surface area contributed by atoms with Gasteiger partial charge in [0.15, 0.2) is 0 Å². The highest BCUT2D eigenvalue weighted by atomic mass is 19.1. The summed E-state index contributed by atoms with van der Waals surface area (Å²) >= 11 is 0. The van der Waals surface area contributed by atoms with Gasteiger partial charge in [0.2, 0.25) is 0 Å². The molecular weight excluding hydrogens is 243 g/mol. The molecule has 1 atom stereocenters. The van der Waals surface area contributed by atoms with Gasteiger partial charge in [0.1, 0.15) is 5.82 Å². The molecule has 0 aliphatic carbocycles. The SMILES string of the molecule is CC(C)CC1CNCCN1C(=O)c1cccc(F)c1. The third-order valence-electron chi connectivity index (χ3n) is 3.43. The smallest absolute Gasteiger partial charge is 0.254 e. The first-order valence-corrected chi connectivity index (χ1v) is 6.85. The lowest BCUT2D eigenvalue weighted by molar-refractivity contribution is 0.0609. The summed E-state index contributed by atoms with van der Waals surface area (Å²) in [5.41, 5.74) is 0.440. The summed E-state index contributed by atoms with van der Waals surface area (Å²) in [7, 11) is 0. The Kier molecular flexibility index (Phi) is 4.53. The molecule has 1 N–H and O–H groups in total. The summed E-state index contributed by atoms with van der Waals surface area (Å²) in [6.07, 6.45) is 0.966. The van der Waals surface area contributed by atoms with E-state index in [0.717, 1.165) is 19.5 Å². The highest BCUT2D eigenvalue weighted by molar-refractivity contribution is 5.94. The first-order valence-electron chi connectivity index (χ1n) is 6.85. The van der Waals surface area contributed by atoms with Gasteiger partial charge in [-0.15, -0.1) is 0 Å². The third-order valence-corrected chi connectivity index (χ3v) is 3.43. The number of halogens is 1. The molecule has 1 saturated heterocycles. The second-order valence-electron chi connectivity index (χ2n) is 5.50. The third kappa shape index (κ3) is 3.53. The van der Waals surface area contributed by atoms with Gasteiger partial charge in [0, 0.05) is 31.2 Å². The number of amides is 1. The first kappa shape index (κ1) is 14.0. The van der Waals surface area contributed by atoms with Crippen molar-refractivity contribution in [2.75, 3.05) is 19.6 Å². The number of hydrogen-bond donors (Lipinski definition) is 1. The van der Waals surface area contributed by atoms with Crippen LogP contribution in [0.5, 0.6) is 0 Å². The topological polar surface area (TPSA) is 32.3 Å². The maximum Gasteiger partial charge on any atom is 0.254 e. The van der Waals surface area contributed by atoms with Crippen LogP contribution in [-0.2, 0) is 0 Å². The van der Waals surface area contributed by atoms with Crippen LogP contribution >= 0.6 is 0 Å². The standard InChI is InChI=1S/C15H21FN2O/c1-11(2)8-14-10-17-6-7-18(14)15(19)12-4-3-5-13(16)9-12/h3-5,9,11,14,17H,6-8,10H2,1-2H3. The normalized spacial score (nSPS) is 19.8. The number of carbonyl (C=O) groups is 1. The number of piperazine rings is 1. The van der Waals surface area contributed by atoms with Crippen molar-refractivity contribution in [1.29, 1.82) is 0 Å². The second-order valence-corrected chi connectivity index (χ2v) is 5.50. The van der Waals surface area contributed by atoms with Gasteiger partial charge in [0.25, 0.3) is 5.91 Å². The van der Waals surface area contributed by atoms with Gasteiger partial charge in [-0.3, -0.25) is 4.79 Å². The molecule has 0 saturated carbocycles. The summed E-state index contributed by atoms with van der Waals surface area (Å²) in [4.78, 5) is 14.4. The Balaban J connectivity index is 2.15. The molecule has 1 unspecified atom stereocenters. The fraction of sp³-hybridized carbons (Fsp3) is 0.533. The molecule has 1 aliphatic rings. The van der Waals surface area contributed by atoms with Crippen molar-refractivity contribution in [3.63, 3.8) is 0 Å². The van der Waals surface area contributed by atoms with Crippen LogP contribution < -0.4 is 5.32 Å². The van der Waals surface area contributed by atoms with Crippen molar-refractivity contribution in [2.24, 2.45) is 5.92 Å². The minimum absolute atomic E-state index is 0.0633. The molecule has 1 aromatic carbocycles. The molecule has 0 spiro atoms. The molecule has 0 radical (unpaired) electrons. The van der Waals surface area contributed by atoms with Crippen LogP contribution in [0, 0.1) is 11.7 Å². The Morgan fingerprint density at radius 2 is 2.32 bits per heavy atom. The molecule has 104 valence electrons. The lowest BCUT2D eigenvalue weighted by Gasteiger charge is -2.37. The lowest BCUT2D eigenvalue weighted by atomic mass is 10.00. The molecule has 1 amide bonds. The number of rotatable bonds is 3. The van der Waals surface area contributed by atoms with Crippen LogP contribution in [0.1, 0.15) is 30.6 Å². The Morgan fingerprint density at radius 1 is 1.53 bits per heavy atom. The van der Waals surface area contributed by atoms with E-state index in [-0.39, 0.29) is 17.8 Å². The predicted octanol–water partition coefficient (Wildman–Crippen LogP) is 2.29. The molecule has 1 aromatic rings. The summed E-state index contributed by atoms with van der Waals surface area (Å²) in [5.74, 6) is 0.112. The van der Waals surface area contributed by atoms with Gasteiger partial charge in [-0.25, -0.2) is 4.39 Å². The molecule has 1 aliphatic heterocycles. The molecule has 19 heavy (non-hydrogen) atoms. The molecule has 3 nitrogen and oxygen atoms in total. The van der Waals surface area contributed by atoms with Crippen molar-refractivity contribution in [2.45, 2.75) is 26.3 Å². The average Bonchev–Trinajstić information content (AvgIpc) is 2.38. The highest BCUT2D eigenvalue weighted by Gasteiger charge is 2.27. The summed E-state index contributed by atoms with van der Waals surface area (Å²) in [6.45, 7) is 6.61. The van der Waals surface area contributed by atoms with Gasteiger partial charge >= 0.3 is 0 Å². The Hall–Kier alpha value is -1.42. The molecule has 0 aromatic heterocycles. The molecule has 4 heteroatoms. The number of nitrogens with zero attached hydrogens (tertiary/aromatic N) is 1. The van der Waals surface area contributed by atoms with Crippen molar-refractivity contribution >= 4 is 5.91 Å². The molecule has 1 heterocycles. The van der Waals surface area contributed by atoms with Crippen molar-refractivity contribution in [3.8, 4) is 0 Å². The predicted molar refractivity (Wildman–Crippen MR) is 73.5 cm³/mol. The van der Waals surface area contributed by atoms with Gasteiger partial charge in [-0.1, -0.05) is 19.9 Å². The number of carbonyl (C=O) groups excluding carboxylic acids is 1. The molecule has 0 bridgehead atoms. The minimum Gasteiger partial charge on any atom is -0.333 e. The van der Waals surface area contributed by atoms with E-state index in [0.29, 0.717) is 18.0 Å². The summed E-state index contributed by atoms with van der Waals surface area (Å²) in [5, 5.41) is 3.32. The molecule has 2 rings (SSSR count). The van der Waals surface area contributed by atoms with Crippen LogP contribution in [0.25, 0.3) is 0 Å². The van der Waals surface area contributed by atoms with E-state index in [4.69, 9.17) is 0 Å². The quantitative estimate of drug-likeness (QED) is 0.908. The van der Waals surface area contributed by atoms with Gasteiger partial charge in [0.05, 0.1) is 0 Å². The zero-order valence-electron chi connectivity index (χ0n) is 11.5. The Labute approximate surface area is 113 Å². The Morgan fingerprint density at radius 3 is 3.00 bits per heavy atom. The van der Waals surface area contributed by atoms with E-state index in [1.54, 1.807) is 12.1 Å². The van der Waals surface area contributed by atoms with E-state index >= 15 is 0 Å². The minimum atomic E-state index is -0.360. The van der Waals surface area contributed by atoms with Crippen LogP contribution in [-0.4, -0.2) is 36.5 Å². The fourth-order valence-corrected chi connectivity index (χ4v) is 2.57. The number of hydrogen-bond acceptors (Lipinski definition) is 2. The molecular formula is C15H21FN2O. The van der Waals surface area contributed by atoms with Crippen LogP contribution in [0.15, 0.2) is 24.3 Å². The highest BCUT2D eigenvalue weighted by Crippen LogP contribution is 2.17. The van der Waals surface area contributed by atoms with E-state index < -0.39 is 0 Å². The van der Waals surface area contributed by atoms with Gasteiger partial charge in [-0.05, 0) is 30.5 Å². The van der Waals surface area contributed by atoms with Crippen LogP contribution in [0.4, 0.5) is 4.39 Å². The van der Waals surface area contributed by atoms with Gasteiger partial charge < -0.3 is 10.2 Å².